The second-order valence-electron chi connectivity index (χ2n) is 5.93. The molecule has 1 saturated heterocycles. The van der Waals surface area contributed by atoms with Gasteiger partial charge in [-0.15, -0.1) is 0 Å². The summed E-state index contributed by atoms with van der Waals surface area (Å²) in [7, 11) is 1.21. The second-order valence-corrected chi connectivity index (χ2v) is 5.93. The second kappa shape index (κ2) is 7.38. The Morgan fingerprint density at radius 3 is 2.88 bits per heavy atom. The lowest BCUT2D eigenvalue weighted by molar-refractivity contribution is -0.128. The van der Waals surface area contributed by atoms with Gasteiger partial charge in [0.2, 0.25) is 11.8 Å². The molecule has 0 saturated carbocycles. The van der Waals surface area contributed by atoms with E-state index in [0.717, 1.165) is 6.07 Å². The maximum absolute atomic E-state index is 13.9. The van der Waals surface area contributed by atoms with Crippen LogP contribution in [0.25, 0.3) is 0 Å². The van der Waals surface area contributed by atoms with E-state index in [1.165, 1.54) is 30.4 Å². The number of hydrogen-bond acceptors (Lipinski definition) is 5. The van der Waals surface area contributed by atoms with Gasteiger partial charge in [-0.2, -0.15) is 0 Å². The summed E-state index contributed by atoms with van der Waals surface area (Å²) in [6.45, 7) is 0.492. The van der Waals surface area contributed by atoms with E-state index >= 15 is 0 Å². The lowest BCUT2D eigenvalue weighted by Crippen LogP contribution is -2.28. The number of ether oxygens (including phenoxy) is 1. The van der Waals surface area contributed by atoms with E-state index in [2.05, 4.69) is 10.1 Å². The molecular weight excluding hydrogens is 343 g/mol. The van der Waals surface area contributed by atoms with Crippen LogP contribution in [0.2, 0.25) is 0 Å². The smallest absolute Gasteiger partial charge is 0.337 e. The molecule has 1 fully saturated rings. The van der Waals surface area contributed by atoms with Crippen molar-refractivity contribution in [3.63, 3.8) is 0 Å². The van der Waals surface area contributed by atoms with Crippen LogP contribution in [-0.2, 0) is 20.9 Å². The van der Waals surface area contributed by atoms with Crippen molar-refractivity contribution >= 4 is 23.5 Å². The van der Waals surface area contributed by atoms with Gasteiger partial charge in [0, 0.05) is 13.0 Å². The molecular formula is C18H17FN2O5. The summed E-state index contributed by atoms with van der Waals surface area (Å²) in [5.74, 6) is -1.97. The van der Waals surface area contributed by atoms with Crippen LogP contribution < -0.4 is 5.32 Å². The average molecular weight is 360 g/mol. The van der Waals surface area contributed by atoms with E-state index < -0.39 is 23.6 Å². The third-order valence-corrected chi connectivity index (χ3v) is 4.16. The van der Waals surface area contributed by atoms with E-state index in [-0.39, 0.29) is 36.7 Å². The van der Waals surface area contributed by atoms with Crippen LogP contribution in [0.1, 0.15) is 22.5 Å². The van der Waals surface area contributed by atoms with Gasteiger partial charge in [-0.1, -0.05) is 0 Å². The number of furan rings is 1. The highest BCUT2D eigenvalue weighted by Gasteiger charge is 2.35. The van der Waals surface area contributed by atoms with E-state index in [9.17, 15) is 18.8 Å². The fourth-order valence-electron chi connectivity index (χ4n) is 2.79. The topological polar surface area (TPSA) is 88.8 Å². The lowest BCUT2D eigenvalue weighted by Gasteiger charge is -2.15. The Morgan fingerprint density at radius 2 is 2.19 bits per heavy atom. The summed E-state index contributed by atoms with van der Waals surface area (Å²) in [6.07, 6.45) is 1.54. The predicted octanol–water partition coefficient (Wildman–Crippen LogP) is 2.19. The van der Waals surface area contributed by atoms with Gasteiger partial charge >= 0.3 is 5.97 Å². The minimum atomic E-state index is -0.678. The highest BCUT2D eigenvalue weighted by atomic mass is 19.1. The quantitative estimate of drug-likeness (QED) is 0.826. The third-order valence-electron chi connectivity index (χ3n) is 4.16. The number of nitrogens with zero attached hydrogens (tertiary/aromatic N) is 1. The number of carbonyl (C=O) groups is 3. The van der Waals surface area contributed by atoms with E-state index in [1.807, 2.05) is 0 Å². The van der Waals surface area contributed by atoms with Gasteiger partial charge < -0.3 is 19.4 Å². The molecule has 1 aromatic heterocycles. The molecule has 7 nitrogen and oxygen atoms in total. The van der Waals surface area contributed by atoms with Crippen LogP contribution in [0.3, 0.4) is 0 Å². The SMILES string of the molecule is COC(=O)c1ccc(F)c(NC(=O)C2CC(=O)N(Cc3ccco3)C2)c1. The molecule has 8 heteroatoms. The predicted molar refractivity (Wildman–Crippen MR) is 88.6 cm³/mol. The third kappa shape index (κ3) is 3.74. The van der Waals surface area contributed by atoms with Crippen molar-refractivity contribution in [2.45, 2.75) is 13.0 Å². The van der Waals surface area contributed by atoms with Gasteiger partial charge in [0.25, 0.3) is 0 Å². The molecule has 2 heterocycles. The van der Waals surface area contributed by atoms with Gasteiger partial charge in [-0.3, -0.25) is 9.59 Å². The van der Waals surface area contributed by atoms with E-state index in [0.29, 0.717) is 5.76 Å². The molecule has 2 amide bonds. The van der Waals surface area contributed by atoms with Crippen molar-refractivity contribution in [1.82, 2.24) is 4.90 Å². The highest BCUT2D eigenvalue weighted by molar-refractivity contribution is 5.98. The molecule has 1 aliphatic heterocycles. The number of nitrogens with one attached hydrogen (secondary N) is 1. The summed E-state index contributed by atoms with van der Waals surface area (Å²) >= 11 is 0. The molecule has 26 heavy (non-hydrogen) atoms. The Bertz CT molecular complexity index is 834. The maximum Gasteiger partial charge on any atom is 0.337 e. The first kappa shape index (κ1) is 17.7. The van der Waals surface area contributed by atoms with Crippen molar-refractivity contribution in [2.24, 2.45) is 5.92 Å². The zero-order valence-electron chi connectivity index (χ0n) is 14.0. The summed E-state index contributed by atoms with van der Waals surface area (Å²) in [6, 6.07) is 7.01. The number of hydrogen-bond donors (Lipinski definition) is 1. The normalized spacial score (nSPS) is 16.6. The van der Waals surface area contributed by atoms with Gasteiger partial charge in [-0.25, -0.2) is 9.18 Å². The van der Waals surface area contributed by atoms with Crippen LogP contribution >= 0.6 is 0 Å². The van der Waals surface area contributed by atoms with Crippen LogP contribution in [0, 0.1) is 11.7 Å². The van der Waals surface area contributed by atoms with E-state index in [4.69, 9.17) is 4.42 Å². The number of amides is 2. The maximum atomic E-state index is 13.9. The zero-order chi connectivity index (χ0) is 18.7. The number of rotatable bonds is 5. The number of anilines is 1. The van der Waals surface area contributed by atoms with Crippen molar-refractivity contribution in [3.8, 4) is 0 Å². The Balaban J connectivity index is 1.67. The molecule has 136 valence electrons. The van der Waals surface area contributed by atoms with Crippen LogP contribution in [0.5, 0.6) is 0 Å². The molecule has 1 aliphatic rings. The monoisotopic (exact) mass is 360 g/mol. The number of halogens is 1. The molecule has 3 rings (SSSR count). The first-order valence-electron chi connectivity index (χ1n) is 7.97. The minimum absolute atomic E-state index is 0.0326. The Kier molecular flexibility index (Phi) is 5.01. The van der Waals surface area contributed by atoms with Crippen LogP contribution in [0.4, 0.5) is 10.1 Å². The number of carbonyl (C=O) groups excluding carboxylic acids is 3. The summed E-state index contributed by atoms with van der Waals surface area (Å²) in [5, 5.41) is 2.45. The van der Waals surface area contributed by atoms with Crippen molar-refractivity contribution in [1.29, 1.82) is 0 Å². The van der Waals surface area contributed by atoms with Crippen molar-refractivity contribution in [2.75, 3.05) is 19.0 Å². The minimum Gasteiger partial charge on any atom is -0.467 e. The number of likely N-dealkylation sites (tertiary alicyclic amines) is 1. The molecule has 1 aromatic carbocycles. The van der Waals surface area contributed by atoms with E-state index in [1.54, 1.807) is 12.1 Å². The molecule has 2 aromatic rings. The zero-order valence-corrected chi connectivity index (χ0v) is 14.0. The van der Waals surface area contributed by atoms with Crippen molar-refractivity contribution in [3.05, 3.63) is 53.7 Å². The average Bonchev–Trinajstić information content (AvgIpc) is 3.27. The number of esters is 1. The lowest BCUT2D eigenvalue weighted by atomic mass is 10.1. The van der Waals surface area contributed by atoms with Gasteiger partial charge in [0.1, 0.15) is 11.6 Å². The van der Waals surface area contributed by atoms with Crippen molar-refractivity contribution < 1.29 is 27.9 Å². The van der Waals surface area contributed by atoms with Gasteiger partial charge in [0.05, 0.1) is 37.1 Å². The summed E-state index contributed by atoms with van der Waals surface area (Å²) in [4.78, 5) is 37.6. The van der Waals surface area contributed by atoms with Crippen LogP contribution in [0.15, 0.2) is 41.0 Å². The first-order valence-corrected chi connectivity index (χ1v) is 7.97. The Labute approximate surface area is 148 Å². The first-order chi connectivity index (χ1) is 12.5. The van der Waals surface area contributed by atoms with Gasteiger partial charge in [0.15, 0.2) is 0 Å². The number of methoxy groups -OCH3 is 1. The standard InChI is InChI=1S/C18H17FN2O5/c1-25-18(24)11-4-5-14(19)15(7-11)20-17(23)12-8-16(22)21(9-12)10-13-3-2-6-26-13/h2-7,12H,8-10H2,1H3,(H,20,23). The Hall–Kier alpha value is -3.16. The molecule has 1 atom stereocenters. The molecule has 0 aliphatic carbocycles. The summed E-state index contributed by atoms with van der Waals surface area (Å²) in [5.41, 5.74) is -0.0130. The fraction of sp³-hybridized carbons (Fsp3) is 0.278. The molecule has 1 unspecified atom stereocenters. The molecule has 0 spiro atoms. The molecule has 0 bridgehead atoms. The van der Waals surface area contributed by atoms with Crippen LogP contribution in [-0.4, -0.2) is 36.3 Å². The number of benzene rings is 1. The van der Waals surface area contributed by atoms with Gasteiger partial charge in [-0.05, 0) is 30.3 Å². The molecule has 1 N–H and O–H groups in total. The highest BCUT2D eigenvalue weighted by Crippen LogP contribution is 2.23. The Morgan fingerprint density at radius 1 is 1.38 bits per heavy atom. The fourth-order valence-corrected chi connectivity index (χ4v) is 2.79. The summed E-state index contributed by atoms with van der Waals surface area (Å²) < 4.78 is 23.7. The molecule has 0 radical (unpaired) electrons. The largest absolute Gasteiger partial charge is 0.467 e.